The second-order valence-corrected chi connectivity index (χ2v) is 6.46. The first-order valence-corrected chi connectivity index (χ1v) is 7.51. The van der Waals surface area contributed by atoms with Crippen LogP contribution in [0.3, 0.4) is 0 Å². The van der Waals surface area contributed by atoms with E-state index in [9.17, 15) is 0 Å². The molecule has 0 spiro atoms. The van der Waals surface area contributed by atoms with Crippen molar-refractivity contribution in [1.29, 1.82) is 0 Å². The molecule has 0 aliphatic carbocycles. The van der Waals surface area contributed by atoms with Crippen LogP contribution in [0.25, 0.3) is 0 Å². The van der Waals surface area contributed by atoms with Gasteiger partial charge in [0.1, 0.15) is 0 Å². The van der Waals surface area contributed by atoms with Crippen molar-refractivity contribution >= 4 is 0 Å². The van der Waals surface area contributed by atoms with Crippen molar-refractivity contribution in [3.63, 3.8) is 0 Å². The van der Waals surface area contributed by atoms with Gasteiger partial charge in [0.05, 0.1) is 0 Å². The zero-order chi connectivity index (χ0) is 13.7. The van der Waals surface area contributed by atoms with Crippen molar-refractivity contribution in [3.05, 3.63) is 34.9 Å². The summed E-state index contributed by atoms with van der Waals surface area (Å²) in [6.45, 7) is 13.8. The first-order chi connectivity index (χ1) is 8.41. The van der Waals surface area contributed by atoms with Crippen LogP contribution in [-0.2, 0) is 6.42 Å². The zero-order valence-electron chi connectivity index (χ0n) is 13.1. The molecule has 0 nitrogen and oxygen atoms in total. The summed E-state index contributed by atoms with van der Waals surface area (Å²) in [5.41, 5.74) is 4.47. The van der Waals surface area contributed by atoms with Gasteiger partial charge in [0.25, 0.3) is 0 Å². The standard InChI is InChI=1S/C18H30/c1-13(2)15(5)8-7-9-17-11-10-16(6)18(12-17)14(3)4/h10-15H,7-9H2,1-6H3. The molecule has 0 amide bonds. The summed E-state index contributed by atoms with van der Waals surface area (Å²) < 4.78 is 0. The molecule has 1 aromatic rings. The quantitative estimate of drug-likeness (QED) is 0.601. The summed E-state index contributed by atoms with van der Waals surface area (Å²) in [6.07, 6.45) is 3.90. The molecule has 0 radical (unpaired) electrons. The predicted octanol–water partition coefficient (Wildman–Crippen LogP) is 5.73. The molecule has 1 aromatic carbocycles. The van der Waals surface area contributed by atoms with Crippen LogP contribution in [0.4, 0.5) is 0 Å². The molecule has 0 heterocycles. The SMILES string of the molecule is Cc1ccc(CCCC(C)C(C)C)cc1C(C)C. The molecule has 1 rings (SSSR count). The van der Waals surface area contributed by atoms with Gasteiger partial charge in [-0.3, -0.25) is 0 Å². The van der Waals surface area contributed by atoms with Gasteiger partial charge in [-0.25, -0.2) is 0 Å². The maximum Gasteiger partial charge on any atom is -0.0216 e. The van der Waals surface area contributed by atoms with Gasteiger partial charge >= 0.3 is 0 Å². The van der Waals surface area contributed by atoms with Gasteiger partial charge in [-0.05, 0) is 54.2 Å². The lowest BCUT2D eigenvalue weighted by Gasteiger charge is -2.16. The molecule has 18 heavy (non-hydrogen) atoms. The summed E-state index contributed by atoms with van der Waals surface area (Å²) in [6, 6.07) is 7.01. The Kier molecular flexibility index (Phi) is 5.91. The minimum atomic E-state index is 0.638. The maximum absolute atomic E-state index is 2.42. The Balaban J connectivity index is 2.55. The van der Waals surface area contributed by atoms with E-state index in [-0.39, 0.29) is 0 Å². The van der Waals surface area contributed by atoms with E-state index in [4.69, 9.17) is 0 Å². The lowest BCUT2D eigenvalue weighted by molar-refractivity contribution is 0.382. The fourth-order valence-corrected chi connectivity index (χ4v) is 2.43. The van der Waals surface area contributed by atoms with E-state index in [0.29, 0.717) is 5.92 Å². The Bertz CT molecular complexity index is 360. The van der Waals surface area contributed by atoms with Crippen molar-refractivity contribution in [2.24, 2.45) is 11.8 Å². The van der Waals surface area contributed by atoms with Crippen LogP contribution in [0.15, 0.2) is 18.2 Å². The number of aryl methyl sites for hydroxylation is 2. The van der Waals surface area contributed by atoms with Gasteiger partial charge in [0, 0.05) is 0 Å². The lowest BCUT2D eigenvalue weighted by atomic mass is 9.90. The van der Waals surface area contributed by atoms with Gasteiger partial charge in [-0.1, -0.05) is 59.2 Å². The Morgan fingerprint density at radius 1 is 1.00 bits per heavy atom. The van der Waals surface area contributed by atoms with Gasteiger partial charge in [-0.15, -0.1) is 0 Å². The Hall–Kier alpha value is -0.780. The summed E-state index contributed by atoms with van der Waals surface area (Å²) in [5, 5.41) is 0. The van der Waals surface area contributed by atoms with Crippen molar-refractivity contribution in [1.82, 2.24) is 0 Å². The van der Waals surface area contributed by atoms with Crippen LogP contribution in [-0.4, -0.2) is 0 Å². The van der Waals surface area contributed by atoms with Crippen molar-refractivity contribution in [2.75, 3.05) is 0 Å². The van der Waals surface area contributed by atoms with Crippen LogP contribution in [0.2, 0.25) is 0 Å². The second kappa shape index (κ2) is 6.97. The predicted molar refractivity (Wildman–Crippen MR) is 82.2 cm³/mol. The highest BCUT2D eigenvalue weighted by Gasteiger charge is 2.08. The van der Waals surface area contributed by atoms with Crippen molar-refractivity contribution in [2.45, 2.75) is 66.7 Å². The topological polar surface area (TPSA) is 0 Å². The average Bonchev–Trinajstić information content (AvgIpc) is 2.30. The smallest absolute Gasteiger partial charge is 0.0216 e. The second-order valence-electron chi connectivity index (χ2n) is 6.46. The first kappa shape index (κ1) is 15.3. The third-order valence-electron chi connectivity index (χ3n) is 4.23. The summed E-state index contributed by atoms with van der Waals surface area (Å²) >= 11 is 0. The molecule has 0 aliphatic rings. The molecule has 0 heteroatoms. The molecule has 1 atom stereocenters. The minimum Gasteiger partial charge on any atom is -0.0625 e. The normalized spacial score (nSPS) is 13.3. The van der Waals surface area contributed by atoms with Crippen molar-refractivity contribution < 1.29 is 0 Å². The Labute approximate surface area is 114 Å². The summed E-state index contributed by atoms with van der Waals surface area (Å²) in [5.74, 6) is 2.30. The molecular formula is C18H30. The molecule has 0 bridgehead atoms. The third kappa shape index (κ3) is 4.48. The number of hydrogen-bond acceptors (Lipinski definition) is 0. The van der Waals surface area contributed by atoms with Gasteiger partial charge in [0.15, 0.2) is 0 Å². The van der Waals surface area contributed by atoms with E-state index in [1.165, 1.54) is 36.0 Å². The highest BCUT2D eigenvalue weighted by Crippen LogP contribution is 2.22. The average molecular weight is 246 g/mol. The Morgan fingerprint density at radius 3 is 2.22 bits per heavy atom. The van der Waals surface area contributed by atoms with Crippen LogP contribution in [0.1, 0.15) is 70.1 Å². The van der Waals surface area contributed by atoms with Gasteiger partial charge in [0.2, 0.25) is 0 Å². The lowest BCUT2D eigenvalue weighted by Crippen LogP contribution is -2.04. The molecule has 0 fully saturated rings. The van der Waals surface area contributed by atoms with Crippen LogP contribution < -0.4 is 0 Å². The van der Waals surface area contributed by atoms with Crippen LogP contribution in [0, 0.1) is 18.8 Å². The van der Waals surface area contributed by atoms with E-state index >= 15 is 0 Å². The molecule has 0 aromatic heterocycles. The fourth-order valence-electron chi connectivity index (χ4n) is 2.43. The van der Waals surface area contributed by atoms with E-state index in [1.807, 2.05) is 0 Å². The number of rotatable bonds is 6. The third-order valence-corrected chi connectivity index (χ3v) is 4.23. The summed E-state index contributed by atoms with van der Waals surface area (Å²) in [4.78, 5) is 0. The molecule has 1 unspecified atom stereocenters. The number of hydrogen-bond donors (Lipinski definition) is 0. The summed E-state index contributed by atoms with van der Waals surface area (Å²) in [7, 11) is 0. The van der Waals surface area contributed by atoms with E-state index in [2.05, 4.69) is 59.7 Å². The van der Waals surface area contributed by atoms with Crippen LogP contribution in [0.5, 0.6) is 0 Å². The number of benzene rings is 1. The van der Waals surface area contributed by atoms with E-state index in [0.717, 1.165) is 11.8 Å². The fraction of sp³-hybridized carbons (Fsp3) is 0.667. The van der Waals surface area contributed by atoms with Gasteiger partial charge < -0.3 is 0 Å². The van der Waals surface area contributed by atoms with E-state index in [1.54, 1.807) is 0 Å². The van der Waals surface area contributed by atoms with Crippen molar-refractivity contribution in [3.8, 4) is 0 Å². The molecule has 0 aliphatic heterocycles. The molecular weight excluding hydrogens is 216 g/mol. The van der Waals surface area contributed by atoms with E-state index < -0.39 is 0 Å². The Morgan fingerprint density at radius 2 is 1.67 bits per heavy atom. The monoisotopic (exact) mass is 246 g/mol. The largest absolute Gasteiger partial charge is 0.0625 e. The minimum absolute atomic E-state index is 0.638. The van der Waals surface area contributed by atoms with Gasteiger partial charge in [-0.2, -0.15) is 0 Å². The zero-order valence-corrected chi connectivity index (χ0v) is 13.1. The molecule has 102 valence electrons. The maximum atomic E-state index is 2.42. The van der Waals surface area contributed by atoms with Crippen LogP contribution >= 0.6 is 0 Å². The molecule has 0 N–H and O–H groups in total. The molecule has 0 saturated carbocycles. The highest BCUT2D eigenvalue weighted by molar-refractivity contribution is 5.33. The molecule has 0 saturated heterocycles. The highest BCUT2D eigenvalue weighted by atomic mass is 14.1. The first-order valence-electron chi connectivity index (χ1n) is 7.51.